The lowest BCUT2D eigenvalue weighted by Gasteiger charge is -2.38. The molecule has 3 heteroatoms. The predicted octanol–water partition coefficient (Wildman–Crippen LogP) is 6.11. The first kappa shape index (κ1) is 16.7. The average Bonchev–Trinajstić information content (AvgIpc) is 2.53. The molecule has 2 unspecified atom stereocenters. The number of rotatable bonds is 4. The van der Waals surface area contributed by atoms with E-state index in [1.165, 1.54) is 11.1 Å². The highest BCUT2D eigenvalue weighted by atomic mass is 127. The number of ether oxygens (including phenoxy) is 1. The molecule has 0 N–H and O–H groups in total. The van der Waals surface area contributed by atoms with Gasteiger partial charge in [-0.3, -0.25) is 0 Å². The van der Waals surface area contributed by atoms with Crippen molar-refractivity contribution in [2.45, 2.75) is 39.3 Å². The molecule has 0 aliphatic carbocycles. The van der Waals surface area contributed by atoms with Gasteiger partial charge in [-0.25, -0.2) is 0 Å². The Bertz CT molecular complexity index is 583. The monoisotopic (exact) mass is 518 g/mol. The van der Waals surface area contributed by atoms with E-state index in [1.807, 2.05) is 0 Å². The Morgan fingerprint density at radius 2 is 1.55 bits per heavy atom. The molecular formula is C19H20I2O. The van der Waals surface area contributed by atoms with Crippen LogP contribution in [-0.4, -0.2) is 7.53 Å². The molecule has 1 fully saturated rings. The minimum Gasteiger partial charge on any atom is -0.370 e. The largest absolute Gasteiger partial charge is 0.370 e. The number of aryl methyl sites for hydroxylation is 1. The summed E-state index contributed by atoms with van der Waals surface area (Å²) in [5.41, 5.74) is 2.71. The maximum Gasteiger partial charge on any atom is 0.0849 e. The highest BCUT2D eigenvalue weighted by molar-refractivity contribution is 14.2. The van der Waals surface area contributed by atoms with Gasteiger partial charge in [0, 0.05) is 6.42 Å². The molecule has 3 rings (SSSR count). The Balaban J connectivity index is 1.66. The minimum atomic E-state index is 0.226. The molecule has 116 valence electrons. The van der Waals surface area contributed by atoms with E-state index in [4.69, 9.17) is 4.74 Å². The van der Waals surface area contributed by atoms with Gasteiger partial charge in [-0.15, -0.1) is 0 Å². The second kappa shape index (κ2) is 7.62. The van der Waals surface area contributed by atoms with Gasteiger partial charge in [-0.1, -0.05) is 106 Å². The maximum absolute atomic E-state index is 6.42. The van der Waals surface area contributed by atoms with Gasteiger partial charge in [0.25, 0.3) is 0 Å². The Hall–Kier alpha value is -0.140. The molecule has 2 aromatic rings. The van der Waals surface area contributed by atoms with E-state index in [0.29, 0.717) is 6.10 Å². The van der Waals surface area contributed by atoms with Crippen LogP contribution in [0.5, 0.6) is 0 Å². The smallest absolute Gasteiger partial charge is 0.0849 e. The number of benzene rings is 2. The predicted molar refractivity (Wildman–Crippen MR) is 109 cm³/mol. The van der Waals surface area contributed by atoms with Gasteiger partial charge in [0.05, 0.1) is 13.6 Å². The summed E-state index contributed by atoms with van der Waals surface area (Å²) in [5, 5.41) is 0. The number of hydrogen-bond donors (Lipinski definition) is 0. The summed E-state index contributed by atoms with van der Waals surface area (Å²) in [5.74, 6) is 0. The standard InChI is InChI=1S/C19H20I2O/c20-19(21)13-17(12-11-15-7-3-1-4-8-15)22-18(14-19)16-9-5-2-6-10-16/h1-10,17-18H,11-14H2. The lowest BCUT2D eigenvalue weighted by molar-refractivity contribution is -0.0520. The second-order valence-corrected chi connectivity index (χ2v) is 12.1. The van der Waals surface area contributed by atoms with E-state index in [9.17, 15) is 0 Å². The lowest BCUT2D eigenvalue weighted by Crippen LogP contribution is -2.34. The molecule has 1 heterocycles. The van der Waals surface area contributed by atoms with E-state index in [1.54, 1.807) is 0 Å². The molecule has 0 radical (unpaired) electrons. The number of halogens is 2. The Morgan fingerprint density at radius 1 is 0.909 bits per heavy atom. The van der Waals surface area contributed by atoms with Gasteiger partial charge in [0.1, 0.15) is 0 Å². The summed E-state index contributed by atoms with van der Waals surface area (Å²) in [6.45, 7) is 0. The number of hydrogen-bond acceptors (Lipinski definition) is 1. The van der Waals surface area contributed by atoms with E-state index in [2.05, 4.69) is 106 Å². The SMILES string of the molecule is IC1(I)CC(CCc2ccccc2)OC(c2ccccc2)C1. The van der Waals surface area contributed by atoms with Crippen LogP contribution < -0.4 is 0 Å². The van der Waals surface area contributed by atoms with E-state index >= 15 is 0 Å². The third-order valence-electron chi connectivity index (χ3n) is 4.14. The molecule has 22 heavy (non-hydrogen) atoms. The summed E-state index contributed by atoms with van der Waals surface area (Å²) in [4.78, 5) is 0. The molecule has 0 spiro atoms. The second-order valence-electron chi connectivity index (χ2n) is 5.95. The minimum absolute atomic E-state index is 0.226. The van der Waals surface area contributed by atoms with Gasteiger partial charge < -0.3 is 4.74 Å². The first-order chi connectivity index (χ1) is 10.6. The molecule has 1 nitrogen and oxygen atoms in total. The summed E-state index contributed by atoms with van der Waals surface area (Å²) in [7, 11) is 0. The Labute approximate surface area is 160 Å². The van der Waals surface area contributed by atoms with Gasteiger partial charge >= 0.3 is 0 Å². The van der Waals surface area contributed by atoms with E-state index in [-0.39, 0.29) is 7.53 Å². The fourth-order valence-electron chi connectivity index (χ4n) is 3.02. The summed E-state index contributed by atoms with van der Waals surface area (Å²) in [6.07, 6.45) is 4.97. The Kier molecular flexibility index (Phi) is 5.79. The summed E-state index contributed by atoms with van der Waals surface area (Å²) in [6, 6.07) is 21.4. The van der Waals surface area contributed by atoms with Crippen LogP contribution in [-0.2, 0) is 11.2 Å². The van der Waals surface area contributed by atoms with Crippen LogP contribution in [0, 0.1) is 0 Å². The molecule has 0 aromatic heterocycles. The molecule has 2 aromatic carbocycles. The molecule has 2 atom stereocenters. The molecule has 0 bridgehead atoms. The highest BCUT2D eigenvalue weighted by Gasteiger charge is 2.37. The van der Waals surface area contributed by atoms with Gasteiger partial charge in [0.15, 0.2) is 0 Å². The van der Waals surface area contributed by atoms with Crippen molar-refractivity contribution in [3.05, 3.63) is 71.8 Å². The normalized spacial score (nSPS) is 24.1. The van der Waals surface area contributed by atoms with Gasteiger partial charge in [-0.05, 0) is 30.4 Å². The average molecular weight is 518 g/mol. The first-order valence-corrected chi connectivity index (χ1v) is 9.90. The van der Waals surface area contributed by atoms with Crippen LogP contribution in [0.15, 0.2) is 60.7 Å². The van der Waals surface area contributed by atoms with E-state index < -0.39 is 0 Å². The van der Waals surface area contributed by atoms with Gasteiger partial charge in [0.2, 0.25) is 0 Å². The summed E-state index contributed by atoms with van der Waals surface area (Å²) >= 11 is 5.22. The fraction of sp³-hybridized carbons (Fsp3) is 0.368. The molecule has 1 aliphatic heterocycles. The quantitative estimate of drug-likeness (QED) is 0.351. The van der Waals surface area contributed by atoms with Crippen LogP contribution >= 0.6 is 45.2 Å². The molecule has 1 aliphatic rings. The molecule has 1 saturated heterocycles. The first-order valence-electron chi connectivity index (χ1n) is 7.74. The van der Waals surface area contributed by atoms with Crippen molar-refractivity contribution in [2.75, 3.05) is 0 Å². The van der Waals surface area contributed by atoms with Crippen LogP contribution in [0.4, 0.5) is 0 Å². The molecule has 0 amide bonds. The van der Waals surface area contributed by atoms with Crippen LogP contribution in [0.3, 0.4) is 0 Å². The zero-order valence-electron chi connectivity index (χ0n) is 12.4. The maximum atomic E-state index is 6.42. The van der Waals surface area contributed by atoms with Crippen molar-refractivity contribution in [3.63, 3.8) is 0 Å². The van der Waals surface area contributed by atoms with Crippen molar-refractivity contribution in [2.24, 2.45) is 0 Å². The third kappa shape index (κ3) is 4.68. The van der Waals surface area contributed by atoms with Crippen molar-refractivity contribution >= 4 is 45.2 Å². The topological polar surface area (TPSA) is 9.23 Å². The van der Waals surface area contributed by atoms with Crippen molar-refractivity contribution in [1.82, 2.24) is 0 Å². The summed E-state index contributed by atoms with van der Waals surface area (Å²) < 4.78 is 6.71. The fourth-order valence-corrected chi connectivity index (χ4v) is 4.81. The van der Waals surface area contributed by atoms with Crippen molar-refractivity contribution in [3.8, 4) is 0 Å². The molecule has 0 saturated carbocycles. The van der Waals surface area contributed by atoms with Crippen molar-refractivity contribution < 1.29 is 4.74 Å². The highest BCUT2D eigenvalue weighted by Crippen LogP contribution is 2.48. The van der Waals surface area contributed by atoms with Crippen LogP contribution in [0.2, 0.25) is 0 Å². The molecular weight excluding hydrogens is 498 g/mol. The third-order valence-corrected chi connectivity index (χ3v) is 5.90. The lowest BCUT2D eigenvalue weighted by atomic mass is 9.95. The zero-order chi connectivity index (χ0) is 15.4. The number of alkyl halides is 2. The Morgan fingerprint density at radius 3 is 2.23 bits per heavy atom. The van der Waals surface area contributed by atoms with Gasteiger partial charge in [-0.2, -0.15) is 0 Å². The van der Waals surface area contributed by atoms with Crippen molar-refractivity contribution in [1.29, 1.82) is 0 Å². The van der Waals surface area contributed by atoms with Crippen LogP contribution in [0.25, 0.3) is 0 Å². The zero-order valence-corrected chi connectivity index (χ0v) is 16.7. The van der Waals surface area contributed by atoms with Crippen LogP contribution in [0.1, 0.15) is 36.5 Å². The van der Waals surface area contributed by atoms with E-state index in [0.717, 1.165) is 25.7 Å².